The molecule has 0 aliphatic heterocycles. The van der Waals surface area contributed by atoms with Crippen molar-refractivity contribution in [2.75, 3.05) is 26.1 Å². The summed E-state index contributed by atoms with van der Waals surface area (Å²) in [6.07, 6.45) is 1.70. The van der Waals surface area contributed by atoms with Crippen LogP contribution in [0.25, 0.3) is 5.76 Å². The normalized spacial score (nSPS) is 15.2. The number of aliphatic imine (C=N–C) groups is 1. The van der Waals surface area contributed by atoms with E-state index in [2.05, 4.69) is 4.99 Å². The predicted octanol–water partition coefficient (Wildman–Crippen LogP) is 3.71. The lowest BCUT2D eigenvalue weighted by Crippen LogP contribution is -2.19. The summed E-state index contributed by atoms with van der Waals surface area (Å²) in [6.45, 7) is 0. The topological polar surface area (TPSA) is 41.9 Å². The third-order valence-corrected chi connectivity index (χ3v) is 3.77. The molecular formula is C19H18N2O2. The number of benzene rings is 2. The van der Waals surface area contributed by atoms with Crippen LogP contribution in [0.15, 0.2) is 59.6 Å². The van der Waals surface area contributed by atoms with Crippen molar-refractivity contribution in [3.05, 3.63) is 65.7 Å². The largest absolute Gasteiger partial charge is 0.496 e. The van der Waals surface area contributed by atoms with Gasteiger partial charge in [0.1, 0.15) is 11.5 Å². The Labute approximate surface area is 135 Å². The molecule has 0 aromatic heterocycles. The van der Waals surface area contributed by atoms with Crippen molar-refractivity contribution in [2.45, 2.75) is 0 Å². The van der Waals surface area contributed by atoms with Crippen LogP contribution in [0.2, 0.25) is 0 Å². The Morgan fingerprint density at radius 1 is 0.957 bits per heavy atom. The van der Waals surface area contributed by atoms with Crippen LogP contribution in [0.4, 0.5) is 11.4 Å². The van der Waals surface area contributed by atoms with Crippen LogP contribution >= 0.6 is 0 Å². The van der Waals surface area contributed by atoms with Crippen LogP contribution < -0.4 is 4.90 Å². The molecule has 4 nitrogen and oxygen atoms in total. The van der Waals surface area contributed by atoms with Gasteiger partial charge in [-0.1, -0.05) is 24.3 Å². The van der Waals surface area contributed by atoms with E-state index >= 15 is 0 Å². The maximum atomic E-state index is 12.6. The van der Waals surface area contributed by atoms with Gasteiger partial charge in [-0.2, -0.15) is 0 Å². The number of ketones is 1. The van der Waals surface area contributed by atoms with Crippen LogP contribution in [0.1, 0.15) is 15.9 Å². The summed E-state index contributed by atoms with van der Waals surface area (Å²) in [5.74, 6) is 0.571. The molecule has 23 heavy (non-hydrogen) atoms. The summed E-state index contributed by atoms with van der Waals surface area (Å²) in [4.78, 5) is 19.1. The van der Waals surface area contributed by atoms with Crippen molar-refractivity contribution >= 4 is 28.6 Å². The number of anilines is 1. The molecule has 0 unspecified atom stereocenters. The van der Waals surface area contributed by atoms with E-state index in [4.69, 9.17) is 4.74 Å². The maximum Gasteiger partial charge on any atom is 0.212 e. The van der Waals surface area contributed by atoms with Gasteiger partial charge >= 0.3 is 0 Å². The molecule has 116 valence electrons. The van der Waals surface area contributed by atoms with Gasteiger partial charge in [0.2, 0.25) is 5.78 Å². The molecule has 0 bridgehead atoms. The van der Waals surface area contributed by atoms with Gasteiger partial charge in [0, 0.05) is 37.0 Å². The van der Waals surface area contributed by atoms with Crippen molar-refractivity contribution in [2.24, 2.45) is 4.99 Å². The molecule has 0 spiro atoms. The molecule has 1 aliphatic rings. The third kappa shape index (κ3) is 2.88. The summed E-state index contributed by atoms with van der Waals surface area (Å²) in [6, 6.07) is 15.2. The number of hydrogen-bond donors (Lipinski definition) is 0. The van der Waals surface area contributed by atoms with E-state index in [1.54, 1.807) is 19.3 Å². The molecule has 0 radical (unpaired) electrons. The Hall–Kier alpha value is -2.88. The predicted molar refractivity (Wildman–Crippen MR) is 93.6 cm³/mol. The van der Waals surface area contributed by atoms with Crippen molar-refractivity contribution in [1.82, 2.24) is 0 Å². The number of carbonyl (C=O) groups excluding carboxylic acids is 1. The summed E-state index contributed by atoms with van der Waals surface area (Å²) in [5.41, 5.74) is 3.64. The zero-order chi connectivity index (χ0) is 16.4. The van der Waals surface area contributed by atoms with E-state index in [1.807, 2.05) is 61.5 Å². The zero-order valence-electron chi connectivity index (χ0n) is 13.4. The quantitative estimate of drug-likeness (QED) is 0.868. The van der Waals surface area contributed by atoms with Gasteiger partial charge in [0.15, 0.2) is 0 Å². The molecule has 0 heterocycles. The number of methoxy groups -OCH3 is 1. The highest BCUT2D eigenvalue weighted by Crippen LogP contribution is 2.27. The second-order valence-electron chi connectivity index (χ2n) is 5.50. The van der Waals surface area contributed by atoms with Crippen molar-refractivity contribution < 1.29 is 9.53 Å². The molecule has 2 aromatic rings. The average molecular weight is 306 g/mol. The second-order valence-corrected chi connectivity index (χ2v) is 5.50. The van der Waals surface area contributed by atoms with Crippen LogP contribution in [0.3, 0.4) is 0 Å². The van der Waals surface area contributed by atoms with Gasteiger partial charge in [-0.3, -0.25) is 4.79 Å². The van der Waals surface area contributed by atoms with Crippen LogP contribution in [-0.2, 0) is 4.74 Å². The lowest BCUT2D eigenvalue weighted by molar-refractivity contribution is 0.106. The van der Waals surface area contributed by atoms with E-state index in [1.165, 1.54) is 0 Å². The monoisotopic (exact) mass is 306 g/mol. The molecule has 2 aromatic carbocycles. The fourth-order valence-corrected chi connectivity index (χ4v) is 2.52. The van der Waals surface area contributed by atoms with Crippen LogP contribution in [0, 0.1) is 0 Å². The Morgan fingerprint density at radius 3 is 2.22 bits per heavy atom. The number of carbonyl (C=O) groups is 1. The lowest BCUT2D eigenvalue weighted by Gasteiger charge is -2.17. The van der Waals surface area contributed by atoms with E-state index in [0.29, 0.717) is 17.0 Å². The number of allylic oxidation sites excluding steroid dienone is 1. The van der Waals surface area contributed by atoms with Gasteiger partial charge in [-0.05, 0) is 24.3 Å². The summed E-state index contributed by atoms with van der Waals surface area (Å²) in [7, 11) is 5.56. The summed E-state index contributed by atoms with van der Waals surface area (Å²) >= 11 is 0. The van der Waals surface area contributed by atoms with Gasteiger partial charge in [-0.15, -0.1) is 0 Å². The van der Waals surface area contributed by atoms with Crippen molar-refractivity contribution in [1.29, 1.82) is 0 Å². The van der Waals surface area contributed by atoms with Gasteiger partial charge in [-0.25, -0.2) is 4.99 Å². The number of nitrogens with zero attached hydrogens (tertiary/aromatic N) is 2. The SMILES string of the molecule is COC1=CC(=Nc2ccc(N(C)C)cc2)C(=O)c2ccccc21. The summed E-state index contributed by atoms with van der Waals surface area (Å²) < 4.78 is 5.41. The second kappa shape index (κ2) is 6.08. The molecule has 4 heteroatoms. The lowest BCUT2D eigenvalue weighted by atomic mass is 9.93. The van der Waals surface area contributed by atoms with Gasteiger partial charge in [0.05, 0.1) is 12.8 Å². The standard InChI is InChI=1S/C19H18N2O2/c1-21(2)14-10-8-13(9-11-14)20-17-12-18(23-3)15-6-4-5-7-16(15)19(17)22/h4-12H,1-3H3. The first-order valence-corrected chi connectivity index (χ1v) is 7.36. The maximum absolute atomic E-state index is 12.6. The first-order chi connectivity index (χ1) is 11.1. The molecule has 0 fully saturated rings. The fourth-order valence-electron chi connectivity index (χ4n) is 2.52. The molecule has 0 atom stereocenters. The molecule has 0 N–H and O–H groups in total. The highest BCUT2D eigenvalue weighted by molar-refractivity contribution is 6.52. The van der Waals surface area contributed by atoms with Crippen molar-refractivity contribution in [3.63, 3.8) is 0 Å². The molecule has 0 saturated carbocycles. The highest BCUT2D eigenvalue weighted by Gasteiger charge is 2.24. The molecule has 3 rings (SSSR count). The minimum Gasteiger partial charge on any atom is -0.496 e. The number of Topliss-reactive ketones (excluding diaryl/α,β-unsaturated/α-hetero) is 1. The number of hydrogen-bond acceptors (Lipinski definition) is 4. The Bertz CT molecular complexity index is 802. The van der Waals surface area contributed by atoms with E-state index in [0.717, 1.165) is 16.9 Å². The van der Waals surface area contributed by atoms with E-state index in [9.17, 15) is 4.79 Å². The van der Waals surface area contributed by atoms with Crippen molar-refractivity contribution in [3.8, 4) is 0 Å². The minimum absolute atomic E-state index is 0.0851. The zero-order valence-corrected chi connectivity index (χ0v) is 13.4. The molecule has 0 amide bonds. The number of rotatable bonds is 3. The van der Waals surface area contributed by atoms with Crippen LogP contribution in [0.5, 0.6) is 0 Å². The molecule has 0 saturated heterocycles. The van der Waals surface area contributed by atoms with E-state index in [-0.39, 0.29) is 5.78 Å². The number of fused-ring (bicyclic) bond motifs is 1. The third-order valence-electron chi connectivity index (χ3n) is 3.77. The van der Waals surface area contributed by atoms with E-state index < -0.39 is 0 Å². The summed E-state index contributed by atoms with van der Waals surface area (Å²) in [5, 5.41) is 0. The van der Waals surface area contributed by atoms with Crippen LogP contribution in [-0.4, -0.2) is 32.7 Å². The smallest absolute Gasteiger partial charge is 0.212 e. The Balaban J connectivity index is 2.01. The average Bonchev–Trinajstić information content (AvgIpc) is 2.58. The Kier molecular flexibility index (Phi) is 3.98. The Morgan fingerprint density at radius 2 is 1.61 bits per heavy atom. The number of ether oxygens (including phenoxy) is 1. The molecular weight excluding hydrogens is 288 g/mol. The first-order valence-electron chi connectivity index (χ1n) is 7.36. The fraction of sp³-hybridized carbons (Fsp3) is 0.158. The highest BCUT2D eigenvalue weighted by atomic mass is 16.5. The van der Waals surface area contributed by atoms with Gasteiger partial charge in [0.25, 0.3) is 0 Å². The van der Waals surface area contributed by atoms with Gasteiger partial charge < -0.3 is 9.64 Å². The molecule has 1 aliphatic carbocycles. The first kappa shape index (κ1) is 15.0. The minimum atomic E-state index is -0.0851.